The largest absolute Gasteiger partial charge is 0.465 e. The molecule has 0 saturated carbocycles. The molecule has 1 saturated heterocycles. The van der Waals surface area contributed by atoms with Crippen LogP contribution in [0.5, 0.6) is 0 Å². The summed E-state index contributed by atoms with van der Waals surface area (Å²) >= 11 is 1.03. The van der Waals surface area contributed by atoms with E-state index in [0.717, 1.165) is 22.2 Å². The maximum atomic E-state index is 11.8. The Morgan fingerprint density at radius 2 is 2.17 bits per heavy atom. The fourth-order valence-electron chi connectivity index (χ4n) is 2.53. The Morgan fingerprint density at radius 3 is 2.75 bits per heavy atom. The van der Waals surface area contributed by atoms with E-state index >= 15 is 0 Å². The van der Waals surface area contributed by atoms with Gasteiger partial charge in [0.1, 0.15) is 12.8 Å². The molecule has 1 aromatic carbocycles. The van der Waals surface area contributed by atoms with Crippen LogP contribution in [0, 0.1) is 10.1 Å². The lowest BCUT2D eigenvalue weighted by molar-refractivity contribution is -0.758. The molecule has 1 fully saturated rings. The number of amides is 2. The molecule has 2 rings (SSSR count). The van der Waals surface area contributed by atoms with E-state index in [1.54, 1.807) is 0 Å². The zero-order valence-corrected chi connectivity index (χ0v) is 13.6. The summed E-state index contributed by atoms with van der Waals surface area (Å²) in [5, 5.41) is 20.8. The number of rotatable bonds is 7. The fourth-order valence-corrected chi connectivity index (χ4v) is 3.60. The van der Waals surface area contributed by atoms with Crippen molar-refractivity contribution >= 4 is 23.1 Å². The van der Waals surface area contributed by atoms with Crippen molar-refractivity contribution in [2.45, 2.75) is 30.8 Å². The zero-order chi connectivity index (χ0) is 17.7. The van der Waals surface area contributed by atoms with Gasteiger partial charge in [-0.2, -0.15) is 0 Å². The molecule has 3 atom stereocenters. The van der Waals surface area contributed by atoms with Gasteiger partial charge in [0.2, 0.25) is 0 Å². The molecule has 1 aliphatic rings. The van der Waals surface area contributed by atoms with E-state index in [4.69, 9.17) is 0 Å². The highest BCUT2D eigenvalue weighted by Crippen LogP contribution is 2.30. The number of benzene rings is 1. The van der Waals surface area contributed by atoms with Crippen LogP contribution in [0.2, 0.25) is 0 Å². The van der Waals surface area contributed by atoms with Gasteiger partial charge in [0.15, 0.2) is 0 Å². The number of hydrogen-bond acceptors (Lipinski definition) is 6. The maximum Gasteiger partial charge on any atom is 0.409 e. The van der Waals surface area contributed by atoms with E-state index in [9.17, 15) is 24.8 Å². The highest BCUT2D eigenvalue weighted by molar-refractivity contribution is 8.14. The maximum absolute atomic E-state index is 11.8. The molecule has 1 aromatic rings. The number of thioether (sulfide) groups is 1. The molecule has 0 aliphatic carbocycles. The summed E-state index contributed by atoms with van der Waals surface area (Å²) < 4.78 is 0. The standard InChI is InChI=1S/C14H17N3O6S/c1-9(8-23-17(21)22)16(14(19)20)12-11(24-13(18)15-12)7-10-5-3-2-4-6-10/h2-6,9,11-12H,7-8H2,1H3,(H,15,18)(H,19,20). The van der Waals surface area contributed by atoms with E-state index in [0.29, 0.717) is 6.42 Å². The van der Waals surface area contributed by atoms with Crippen LogP contribution in [0.15, 0.2) is 30.3 Å². The number of carbonyl (C=O) groups excluding carboxylic acids is 1. The molecule has 2 amide bonds. The molecule has 3 unspecified atom stereocenters. The molecular formula is C14H17N3O6S. The molecule has 0 bridgehead atoms. The van der Waals surface area contributed by atoms with Crippen LogP contribution >= 0.6 is 11.8 Å². The molecular weight excluding hydrogens is 338 g/mol. The van der Waals surface area contributed by atoms with Gasteiger partial charge in [-0.25, -0.2) is 4.79 Å². The van der Waals surface area contributed by atoms with Gasteiger partial charge in [0.05, 0.1) is 11.3 Å². The van der Waals surface area contributed by atoms with E-state index in [-0.39, 0.29) is 10.5 Å². The average molecular weight is 355 g/mol. The third kappa shape index (κ3) is 4.51. The summed E-state index contributed by atoms with van der Waals surface area (Å²) in [6, 6.07) is 8.58. The first kappa shape index (κ1) is 17.9. The normalized spacial score (nSPS) is 21.0. The summed E-state index contributed by atoms with van der Waals surface area (Å²) in [4.78, 5) is 39.0. The Bertz CT molecular complexity index is 614. The Labute approximate surface area is 142 Å². The Hall–Kier alpha value is -2.49. The van der Waals surface area contributed by atoms with Crippen LogP contribution in [0.25, 0.3) is 0 Å². The molecule has 130 valence electrons. The van der Waals surface area contributed by atoms with Crippen molar-refractivity contribution < 1.29 is 24.6 Å². The summed E-state index contributed by atoms with van der Waals surface area (Å²) in [6.07, 6.45) is -1.58. The lowest BCUT2D eigenvalue weighted by atomic mass is 10.1. The van der Waals surface area contributed by atoms with Crippen molar-refractivity contribution in [1.29, 1.82) is 0 Å². The second-order valence-corrected chi connectivity index (χ2v) is 6.49. The Kier molecular flexibility index (Phi) is 5.85. The van der Waals surface area contributed by atoms with E-state index < -0.39 is 30.0 Å². The van der Waals surface area contributed by atoms with Gasteiger partial charge in [0, 0.05) is 0 Å². The van der Waals surface area contributed by atoms with Crippen molar-refractivity contribution in [3.63, 3.8) is 0 Å². The van der Waals surface area contributed by atoms with Gasteiger partial charge in [-0.1, -0.05) is 42.1 Å². The summed E-state index contributed by atoms with van der Waals surface area (Å²) in [5.41, 5.74) is 0.969. The molecule has 0 aromatic heterocycles. The van der Waals surface area contributed by atoms with Gasteiger partial charge in [-0.3, -0.25) is 9.69 Å². The third-order valence-corrected chi connectivity index (χ3v) is 4.63. The zero-order valence-electron chi connectivity index (χ0n) is 12.8. The lowest BCUT2D eigenvalue weighted by Crippen LogP contribution is -2.55. The monoisotopic (exact) mass is 355 g/mol. The highest BCUT2D eigenvalue weighted by Gasteiger charge is 2.41. The van der Waals surface area contributed by atoms with Gasteiger partial charge < -0.3 is 15.3 Å². The first-order chi connectivity index (χ1) is 11.4. The lowest BCUT2D eigenvalue weighted by Gasteiger charge is -2.33. The minimum atomic E-state index is -1.28. The third-order valence-electron chi connectivity index (χ3n) is 3.57. The van der Waals surface area contributed by atoms with Gasteiger partial charge >= 0.3 is 6.09 Å². The van der Waals surface area contributed by atoms with Crippen LogP contribution in [0.1, 0.15) is 12.5 Å². The van der Waals surface area contributed by atoms with Crippen LogP contribution < -0.4 is 5.32 Å². The number of hydrogen-bond donors (Lipinski definition) is 2. The summed E-state index contributed by atoms with van der Waals surface area (Å²) in [7, 11) is 0. The average Bonchev–Trinajstić information content (AvgIpc) is 2.86. The molecule has 1 heterocycles. The van der Waals surface area contributed by atoms with Crippen molar-refractivity contribution in [1.82, 2.24) is 10.2 Å². The number of nitrogens with one attached hydrogen (secondary N) is 1. The summed E-state index contributed by atoms with van der Waals surface area (Å²) in [6.45, 7) is 1.08. The Balaban J connectivity index is 2.15. The van der Waals surface area contributed by atoms with E-state index in [1.807, 2.05) is 30.3 Å². The second kappa shape index (κ2) is 7.86. The molecule has 9 nitrogen and oxygen atoms in total. The quantitative estimate of drug-likeness (QED) is 0.566. The minimum Gasteiger partial charge on any atom is -0.465 e. The first-order valence-electron chi connectivity index (χ1n) is 7.18. The topological polar surface area (TPSA) is 122 Å². The fraction of sp³-hybridized carbons (Fsp3) is 0.429. The van der Waals surface area contributed by atoms with Gasteiger partial charge in [-0.05, 0) is 18.9 Å². The van der Waals surface area contributed by atoms with Crippen LogP contribution in [0.4, 0.5) is 9.59 Å². The van der Waals surface area contributed by atoms with Crippen molar-refractivity contribution in [3.8, 4) is 0 Å². The van der Waals surface area contributed by atoms with E-state index in [1.165, 1.54) is 6.92 Å². The summed E-state index contributed by atoms with van der Waals surface area (Å²) in [5.74, 6) is 0. The van der Waals surface area contributed by atoms with Crippen LogP contribution in [-0.2, 0) is 11.3 Å². The van der Waals surface area contributed by atoms with Crippen molar-refractivity contribution in [2.24, 2.45) is 0 Å². The molecule has 2 N–H and O–H groups in total. The Morgan fingerprint density at radius 1 is 1.50 bits per heavy atom. The SMILES string of the molecule is CC(CO[N+](=O)[O-])N(C(=O)O)C1NC(=O)SC1Cc1ccccc1. The van der Waals surface area contributed by atoms with Gasteiger partial charge in [-0.15, -0.1) is 10.1 Å². The van der Waals surface area contributed by atoms with Crippen molar-refractivity contribution in [3.05, 3.63) is 46.0 Å². The molecule has 1 aliphatic heterocycles. The predicted octanol–water partition coefficient (Wildman–Crippen LogP) is 1.96. The predicted molar refractivity (Wildman–Crippen MR) is 86.1 cm³/mol. The van der Waals surface area contributed by atoms with Crippen molar-refractivity contribution in [2.75, 3.05) is 6.61 Å². The number of carboxylic acid groups (broad SMARTS) is 1. The first-order valence-corrected chi connectivity index (χ1v) is 8.06. The molecule has 24 heavy (non-hydrogen) atoms. The molecule has 0 radical (unpaired) electrons. The number of nitrogens with zero attached hydrogens (tertiary/aromatic N) is 2. The second-order valence-electron chi connectivity index (χ2n) is 5.28. The van der Waals surface area contributed by atoms with Gasteiger partial charge in [0.25, 0.3) is 10.3 Å². The number of carbonyl (C=O) groups is 2. The van der Waals surface area contributed by atoms with E-state index in [2.05, 4.69) is 10.2 Å². The smallest absolute Gasteiger partial charge is 0.409 e. The molecule has 0 spiro atoms. The van der Waals surface area contributed by atoms with Crippen LogP contribution in [-0.4, -0.2) is 50.5 Å². The minimum absolute atomic E-state index is 0.324. The van der Waals surface area contributed by atoms with Crippen LogP contribution in [0.3, 0.4) is 0 Å². The molecule has 10 heteroatoms. The highest BCUT2D eigenvalue weighted by atomic mass is 32.2.